The van der Waals surface area contributed by atoms with Gasteiger partial charge < -0.3 is 14.8 Å². The quantitative estimate of drug-likeness (QED) is 0.845. The molecule has 3 amide bonds. The Morgan fingerprint density at radius 2 is 1.91 bits per heavy atom. The number of hydrogen-bond donors (Lipinski definition) is 1. The van der Waals surface area contributed by atoms with Gasteiger partial charge in [0.05, 0.1) is 10.2 Å². The average molecular weight is 333 g/mol. The number of imide groups is 1. The minimum atomic E-state index is -0.451. The Hall–Kier alpha value is -2.68. The molecule has 9 heteroatoms. The second-order valence-electron chi connectivity index (χ2n) is 5.11. The van der Waals surface area contributed by atoms with Gasteiger partial charge in [-0.3, -0.25) is 19.3 Å². The normalized spacial score (nSPS) is 16.4. The molecular weight excluding hydrogens is 322 g/mol. The van der Waals surface area contributed by atoms with Gasteiger partial charge in [-0.05, 0) is 0 Å². The number of benzene rings is 1. The highest BCUT2D eigenvalue weighted by Crippen LogP contribution is 2.38. The number of rotatable bonds is 3. The maximum absolute atomic E-state index is 12.0. The number of carbonyl (C=O) groups is 3. The van der Waals surface area contributed by atoms with Crippen molar-refractivity contribution in [1.29, 1.82) is 0 Å². The number of carbonyl (C=O) groups excluding carboxylic acids is 3. The summed E-state index contributed by atoms with van der Waals surface area (Å²) in [7, 11) is 0. The van der Waals surface area contributed by atoms with E-state index in [9.17, 15) is 14.4 Å². The van der Waals surface area contributed by atoms with Crippen LogP contribution < -0.4 is 14.8 Å². The number of nitrogens with one attached hydrogen (secondary N) is 1. The van der Waals surface area contributed by atoms with E-state index in [-0.39, 0.29) is 38.0 Å². The number of hydrogen-bond acceptors (Lipinski definition) is 7. The van der Waals surface area contributed by atoms with Crippen LogP contribution in [0.25, 0.3) is 10.2 Å². The first-order valence-electron chi connectivity index (χ1n) is 6.93. The van der Waals surface area contributed by atoms with Gasteiger partial charge >= 0.3 is 0 Å². The third-order valence-corrected chi connectivity index (χ3v) is 4.52. The fourth-order valence-corrected chi connectivity index (χ4v) is 3.37. The number of thiazole rings is 1. The van der Waals surface area contributed by atoms with Gasteiger partial charge in [-0.1, -0.05) is 11.3 Å². The van der Waals surface area contributed by atoms with Crippen LogP contribution in [0.2, 0.25) is 0 Å². The number of aromatic nitrogens is 1. The molecule has 0 bridgehead atoms. The molecule has 23 heavy (non-hydrogen) atoms. The minimum absolute atomic E-state index is 0.165. The summed E-state index contributed by atoms with van der Waals surface area (Å²) in [5.74, 6) is 0.175. The Morgan fingerprint density at radius 3 is 2.65 bits per heavy atom. The molecule has 1 fully saturated rings. The first-order valence-corrected chi connectivity index (χ1v) is 7.75. The summed E-state index contributed by atoms with van der Waals surface area (Å²) in [6.07, 6.45) is 0.331. The van der Waals surface area contributed by atoms with E-state index in [1.165, 1.54) is 11.3 Å². The number of nitrogens with zero attached hydrogens (tertiary/aromatic N) is 2. The zero-order valence-corrected chi connectivity index (χ0v) is 12.6. The molecule has 0 saturated carbocycles. The van der Waals surface area contributed by atoms with Gasteiger partial charge in [0, 0.05) is 25.0 Å². The van der Waals surface area contributed by atoms with Crippen molar-refractivity contribution in [3.05, 3.63) is 12.1 Å². The fourth-order valence-electron chi connectivity index (χ4n) is 2.47. The highest BCUT2D eigenvalue weighted by atomic mass is 32.1. The van der Waals surface area contributed by atoms with Crippen LogP contribution in [0.4, 0.5) is 5.13 Å². The Bertz CT molecular complexity index is 789. The number of likely N-dealkylation sites (tertiary alicyclic amines) is 1. The second-order valence-corrected chi connectivity index (χ2v) is 6.14. The molecule has 0 atom stereocenters. The maximum Gasteiger partial charge on any atom is 0.246 e. The van der Waals surface area contributed by atoms with Gasteiger partial charge in [-0.2, -0.15) is 0 Å². The summed E-state index contributed by atoms with van der Waals surface area (Å²) in [5, 5.41) is 3.01. The van der Waals surface area contributed by atoms with Gasteiger partial charge in [0.2, 0.25) is 24.5 Å². The lowest BCUT2D eigenvalue weighted by atomic mass is 10.3. The highest BCUT2D eigenvalue weighted by molar-refractivity contribution is 7.22. The fraction of sp³-hybridized carbons (Fsp3) is 0.286. The number of amides is 3. The van der Waals surface area contributed by atoms with Crippen LogP contribution in [-0.2, 0) is 14.4 Å². The second kappa shape index (κ2) is 5.20. The van der Waals surface area contributed by atoms with E-state index in [0.717, 1.165) is 9.60 Å². The predicted molar refractivity (Wildman–Crippen MR) is 80.3 cm³/mol. The molecule has 0 aliphatic carbocycles. The molecule has 4 rings (SSSR count). The van der Waals surface area contributed by atoms with Crippen LogP contribution in [0.3, 0.4) is 0 Å². The van der Waals surface area contributed by atoms with Crippen molar-refractivity contribution in [2.75, 3.05) is 18.7 Å². The monoisotopic (exact) mass is 333 g/mol. The molecule has 2 aromatic rings. The van der Waals surface area contributed by atoms with Crippen molar-refractivity contribution in [3.8, 4) is 11.5 Å². The average Bonchev–Trinajstić information content (AvgIpc) is 3.18. The smallest absolute Gasteiger partial charge is 0.246 e. The van der Waals surface area contributed by atoms with Crippen molar-refractivity contribution in [3.63, 3.8) is 0 Å². The van der Waals surface area contributed by atoms with E-state index in [0.29, 0.717) is 22.1 Å². The number of fused-ring (bicyclic) bond motifs is 2. The first kappa shape index (κ1) is 13.9. The lowest BCUT2D eigenvalue weighted by Gasteiger charge is -2.12. The molecule has 0 unspecified atom stereocenters. The third-order valence-electron chi connectivity index (χ3n) is 3.59. The molecule has 0 radical (unpaired) electrons. The molecule has 0 spiro atoms. The Labute approximate surface area is 134 Å². The first-order chi connectivity index (χ1) is 11.1. The zero-order valence-electron chi connectivity index (χ0n) is 11.8. The summed E-state index contributed by atoms with van der Waals surface area (Å²) < 4.78 is 11.4. The van der Waals surface area contributed by atoms with E-state index >= 15 is 0 Å². The number of anilines is 1. The minimum Gasteiger partial charge on any atom is -0.454 e. The molecule has 1 saturated heterocycles. The summed E-state index contributed by atoms with van der Waals surface area (Å²) in [6, 6.07) is 3.55. The summed E-state index contributed by atoms with van der Waals surface area (Å²) in [6.45, 7) is -0.0929. The van der Waals surface area contributed by atoms with Crippen molar-refractivity contribution < 1.29 is 23.9 Å². The van der Waals surface area contributed by atoms with Crippen LogP contribution in [0.1, 0.15) is 12.8 Å². The molecule has 1 aromatic carbocycles. The van der Waals surface area contributed by atoms with Crippen molar-refractivity contribution in [2.24, 2.45) is 0 Å². The van der Waals surface area contributed by atoms with Gasteiger partial charge in [0.15, 0.2) is 16.6 Å². The van der Waals surface area contributed by atoms with E-state index in [1.54, 1.807) is 12.1 Å². The van der Waals surface area contributed by atoms with Crippen LogP contribution in [-0.4, -0.2) is 40.9 Å². The van der Waals surface area contributed by atoms with E-state index in [1.807, 2.05) is 0 Å². The largest absolute Gasteiger partial charge is 0.454 e. The van der Waals surface area contributed by atoms with Crippen molar-refractivity contribution >= 4 is 44.4 Å². The molecule has 2 aliphatic rings. The van der Waals surface area contributed by atoms with E-state index in [2.05, 4.69) is 10.3 Å². The van der Waals surface area contributed by atoms with Gasteiger partial charge in [0.25, 0.3) is 0 Å². The summed E-state index contributed by atoms with van der Waals surface area (Å²) in [5.41, 5.74) is 0.683. The van der Waals surface area contributed by atoms with Crippen LogP contribution >= 0.6 is 11.3 Å². The lowest BCUT2D eigenvalue weighted by molar-refractivity contribution is -0.141. The number of ether oxygens (including phenoxy) is 2. The van der Waals surface area contributed by atoms with Gasteiger partial charge in [-0.15, -0.1) is 0 Å². The molecule has 1 N–H and O–H groups in total. The summed E-state index contributed by atoms with van der Waals surface area (Å²) in [4.78, 5) is 40.3. The maximum atomic E-state index is 12.0. The SMILES string of the molecule is O=C(CN1C(=O)CCC1=O)Nc1nc2cc3c(cc2s1)OCO3. The van der Waals surface area contributed by atoms with Crippen molar-refractivity contribution in [1.82, 2.24) is 9.88 Å². The van der Waals surface area contributed by atoms with E-state index in [4.69, 9.17) is 9.47 Å². The van der Waals surface area contributed by atoms with Crippen LogP contribution in [0, 0.1) is 0 Å². The Balaban J connectivity index is 1.50. The predicted octanol–water partition coefficient (Wildman–Crippen LogP) is 1.11. The van der Waals surface area contributed by atoms with Crippen LogP contribution in [0.5, 0.6) is 11.5 Å². The Morgan fingerprint density at radius 1 is 1.22 bits per heavy atom. The van der Waals surface area contributed by atoms with Gasteiger partial charge in [-0.25, -0.2) is 4.98 Å². The molecular formula is C14H11N3O5S. The topological polar surface area (TPSA) is 97.8 Å². The lowest BCUT2D eigenvalue weighted by Crippen LogP contribution is -2.36. The third kappa shape index (κ3) is 2.48. The molecule has 2 aliphatic heterocycles. The molecule has 118 valence electrons. The summed E-state index contributed by atoms with van der Waals surface area (Å²) >= 11 is 1.28. The van der Waals surface area contributed by atoms with E-state index < -0.39 is 5.91 Å². The standard InChI is InChI=1S/C14H11N3O5S/c18-11(5-17-12(19)1-2-13(17)20)16-14-15-7-3-8-9(22-6-21-8)4-10(7)23-14/h3-4H,1-2,5-6H2,(H,15,16,18). The molecule has 8 nitrogen and oxygen atoms in total. The van der Waals surface area contributed by atoms with Crippen molar-refractivity contribution in [2.45, 2.75) is 12.8 Å². The molecule has 1 aromatic heterocycles. The van der Waals surface area contributed by atoms with Crippen LogP contribution in [0.15, 0.2) is 12.1 Å². The Kier molecular flexibility index (Phi) is 3.15. The highest BCUT2D eigenvalue weighted by Gasteiger charge is 2.30. The zero-order chi connectivity index (χ0) is 16.0. The molecule has 3 heterocycles. The van der Waals surface area contributed by atoms with Gasteiger partial charge in [0.1, 0.15) is 6.54 Å².